The Balaban J connectivity index is 2.01. The van der Waals surface area contributed by atoms with Gasteiger partial charge in [-0.15, -0.1) is 0 Å². The molecular formula is C27H31Cl2NO4. The molecule has 7 heteroatoms. The first-order chi connectivity index (χ1) is 16.0. The first-order valence-electron chi connectivity index (χ1n) is 11.4. The highest BCUT2D eigenvalue weighted by atomic mass is 35.5. The number of hydrogen-bond acceptors (Lipinski definition) is 4. The van der Waals surface area contributed by atoms with Gasteiger partial charge in [0.2, 0.25) is 0 Å². The second-order valence-electron chi connectivity index (χ2n) is 9.38. The summed E-state index contributed by atoms with van der Waals surface area (Å²) < 4.78 is 10.6. The molecule has 0 fully saturated rings. The molecule has 0 heterocycles. The van der Waals surface area contributed by atoms with Crippen molar-refractivity contribution in [2.45, 2.75) is 58.1 Å². The Hall–Kier alpha value is -2.50. The van der Waals surface area contributed by atoms with Gasteiger partial charge in [-0.25, -0.2) is 9.59 Å². The van der Waals surface area contributed by atoms with E-state index in [2.05, 4.69) is 6.07 Å². The molecule has 0 saturated heterocycles. The second kappa shape index (κ2) is 10.8. The minimum atomic E-state index is -0.576. The van der Waals surface area contributed by atoms with E-state index in [1.54, 1.807) is 24.9 Å². The average Bonchev–Trinajstić information content (AvgIpc) is 2.77. The van der Waals surface area contributed by atoms with E-state index in [9.17, 15) is 9.59 Å². The zero-order chi connectivity index (χ0) is 25.0. The van der Waals surface area contributed by atoms with Crippen LogP contribution in [-0.2, 0) is 14.3 Å². The molecule has 0 N–H and O–H groups in total. The molecule has 1 aliphatic carbocycles. The molecule has 5 nitrogen and oxygen atoms in total. The Kier molecular flexibility index (Phi) is 8.32. The zero-order valence-electron chi connectivity index (χ0n) is 20.2. The molecule has 0 unspecified atom stereocenters. The number of ether oxygens (including phenoxy) is 2. The van der Waals surface area contributed by atoms with E-state index in [1.807, 2.05) is 51.1 Å². The number of halogens is 2. The van der Waals surface area contributed by atoms with Crippen LogP contribution in [0.5, 0.6) is 0 Å². The number of hydrogen-bond donors (Lipinski definition) is 0. The highest BCUT2D eigenvalue weighted by molar-refractivity contribution is 6.42. The summed E-state index contributed by atoms with van der Waals surface area (Å²) in [6, 6.07) is 11.6. The zero-order valence-corrected chi connectivity index (χ0v) is 21.7. The van der Waals surface area contributed by atoms with Crippen LogP contribution in [0.25, 0.3) is 6.08 Å². The summed E-state index contributed by atoms with van der Waals surface area (Å²) in [7, 11) is 1.77. The number of rotatable bonds is 5. The molecule has 0 radical (unpaired) electrons. The normalized spacial score (nSPS) is 17.9. The van der Waals surface area contributed by atoms with Gasteiger partial charge in [-0.3, -0.25) is 0 Å². The van der Waals surface area contributed by atoms with Crippen molar-refractivity contribution in [3.63, 3.8) is 0 Å². The lowest BCUT2D eigenvalue weighted by atomic mass is 9.76. The Morgan fingerprint density at radius 3 is 2.44 bits per heavy atom. The fourth-order valence-electron chi connectivity index (χ4n) is 4.23. The van der Waals surface area contributed by atoms with Gasteiger partial charge in [-0.2, -0.15) is 0 Å². The van der Waals surface area contributed by atoms with E-state index in [-0.39, 0.29) is 24.0 Å². The molecule has 2 atom stereocenters. The molecule has 0 bridgehead atoms. The highest BCUT2D eigenvalue weighted by Crippen LogP contribution is 2.45. The van der Waals surface area contributed by atoms with Crippen molar-refractivity contribution in [2.24, 2.45) is 0 Å². The van der Waals surface area contributed by atoms with Crippen molar-refractivity contribution in [1.29, 1.82) is 0 Å². The van der Waals surface area contributed by atoms with Crippen molar-refractivity contribution >= 4 is 41.3 Å². The van der Waals surface area contributed by atoms with Crippen LogP contribution in [0.3, 0.4) is 0 Å². The molecule has 34 heavy (non-hydrogen) atoms. The van der Waals surface area contributed by atoms with Crippen LogP contribution in [-0.4, -0.2) is 36.2 Å². The number of benzene rings is 2. The van der Waals surface area contributed by atoms with Gasteiger partial charge in [-0.1, -0.05) is 47.5 Å². The smallest absolute Gasteiger partial charge is 0.410 e. The number of nitrogens with zero attached hydrogens (tertiary/aromatic N) is 1. The molecule has 0 saturated carbocycles. The van der Waals surface area contributed by atoms with Gasteiger partial charge in [0.05, 0.1) is 22.7 Å². The fourth-order valence-corrected chi connectivity index (χ4v) is 4.54. The van der Waals surface area contributed by atoms with Crippen LogP contribution >= 0.6 is 23.2 Å². The van der Waals surface area contributed by atoms with E-state index in [0.717, 1.165) is 35.1 Å². The van der Waals surface area contributed by atoms with Gasteiger partial charge in [0, 0.05) is 19.0 Å². The standard InChI is InChI=1S/C27H31Cl2NO4/c1-6-33-25(31)14-8-17-7-10-20-21(15-17)19(18-9-12-22(28)23(29)16-18)11-13-24(20)30(5)26(32)34-27(2,3)4/h7-10,12,14-16,19,24H,6,11,13H2,1-5H3/b14-8+/t19-,24-/m0/s1. The highest BCUT2D eigenvalue weighted by Gasteiger charge is 2.34. The van der Waals surface area contributed by atoms with E-state index in [1.165, 1.54) is 6.08 Å². The van der Waals surface area contributed by atoms with Crippen molar-refractivity contribution in [1.82, 2.24) is 4.90 Å². The molecule has 0 aliphatic heterocycles. The Morgan fingerprint density at radius 1 is 1.06 bits per heavy atom. The third-order valence-electron chi connectivity index (χ3n) is 5.77. The number of amides is 1. The quantitative estimate of drug-likeness (QED) is 0.314. The maximum atomic E-state index is 12.8. The molecule has 1 amide bonds. The van der Waals surface area contributed by atoms with Gasteiger partial charge in [-0.05, 0) is 81.0 Å². The van der Waals surface area contributed by atoms with Crippen LogP contribution in [0.2, 0.25) is 10.0 Å². The molecule has 0 spiro atoms. The van der Waals surface area contributed by atoms with Crippen molar-refractivity contribution in [2.75, 3.05) is 13.7 Å². The van der Waals surface area contributed by atoms with Gasteiger partial charge in [0.1, 0.15) is 5.60 Å². The van der Waals surface area contributed by atoms with Crippen molar-refractivity contribution in [3.8, 4) is 0 Å². The predicted molar refractivity (Wildman–Crippen MR) is 136 cm³/mol. The minimum Gasteiger partial charge on any atom is -0.463 e. The molecule has 0 aromatic heterocycles. The van der Waals surface area contributed by atoms with Gasteiger partial charge in [0.15, 0.2) is 0 Å². The lowest BCUT2D eigenvalue weighted by Gasteiger charge is -2.37. The number of carbonyl (C=O) groups excluding carboxylic acids is 2. The van der Waals surface area contributed by atoms with E-state index < -0.39 is 5.60 Å². The third kappa shape index (κ3) is 6.34. The summed E-state index contributed by atoms with van der Waals surface area (Å²) in [6.45, 7) is 7.67. The number of fused-ring (bicyclic) bond motifs is 1. The van der Waals surface area contributed by atoms with Gasteiger partial charge < -0.3 is 14.4 Å². The Morgan fingerprint density at radius 2 is 1.79 bits per heavy atom. The fraction of sp³-hybridized carbons (Fsp3) is 0.407. The second-order valence-corrected chi connectivity index (χ2v) is 10.2. The Labute approximate surface area is 211 Å². The first-order valence-corrected chi connectivity index (χ1v) is 12.1. The van der Waals surface area contributed by atoms with Crippen LogP contribution in [0.1, 0.15) is 74.8 Å². The van der Waals surface area contributed by atoms with E-state index in [4.69, 9.17) is 32.7 Å². The monoisotopic (exact) mass is 503 g/mol. The molecule has 2 aromatic rings. The first kappa shape index (κ1) is 26.1. The van der Waals surface area contributed by atoms with Gasteiger partial charge in [0.25, 0.3) is 0 Å². The van der Waals surface area contributed by atoms with E-state index in [0.29, 0.717) is 16.7 Å². The maximum Gasteiger partial charge on any atom is 0.410 e. The average molecular weight is 504 g/mol. The third-order valence-corrected chi connectivity index (χ3v) is 6.51. The van der Waals surface area contributed by atoms with E-state index >= 15 is 0 Å². The lowest BCUT2D eigenvalue weighted by Crippen LogP contribution is -2.38. The summed E-state index contributed by atoms with van der Waals surface area (Å²) in [6.07, 6.45) is 4.39. The molecular weight excluding hydrogens is 473 g/mol. The molecule has 182 valence electrons. The van der Waals surface area contributed by atoms with Crippen LogP contribution in [0.4, 0.5) is 4.79 Å². The number of carbonyl (C=O) groups is 2. The topological polar surface area (TPSA) is 55.8 Å². The molecule has 3 rings (SSSR count). The summed E-state index contributed by atoms with van der Waals surface area (Å²) in [5, 5.41) is 1.02. The SMILES string of the molecule is CCOC(=O)/C=C/c1ccc2c(c1)[C@H](c1ccc(Cl)c(Cl)c1)CC[C@@H]2N(C)C(=O)OC(C)(C)C. The van der Waals surface area contributed by atoms with Gasteiger partial charge >= 0.3 is 12.1 Å². The summed E-state index contributed by atoms with van der Waals surface area (Å²) >= 11 is 12.5. The number of esters is 1. The molecule has 1 aliphatic rings. The minimum absolute atomic E-state index is 0.0731. The summed E-state index contributed by atoms with van der Waals surface area (Å²) in [5.74, 6) is -0.312. The maximum absolute atomic E-state index is 12.8. The van der Waals surface area contributed by atoms with Crippen LogP contribution < -0.4 is 0 Å². The Bertz CT molecular complexity index is 1090. The van der Waals surface area contributed by atoms with Crippen molar-refractivity contribution in [3.05, 3.63) is 74.8 Å². The van der Waals surface area contributed by atoms with Crippen LogP contribution in [0, 0.1) is 0 Å². The summed E-state index contributed by atoms with van der Waals surface area (Å²) in [4.78, 5) is 26.3. The lowest BCUT2D eigenvalue weighted by molar-refractivity contribution is -0.137. The van der Waals surface area contributed by atoms with Crippen molar-refractivity contribution < 1.29 is 19.1 Å². The summed E-state index contributed by atoms with van der Waals surface area (Å²) in [5.41, 5.74) is 3.48. The largest absolute Gasteiger partial charge is 0.463 e. The van der Waals surface area contributed by atoms with Crippen LogP contribution in [0.15, 0.2) is 42.5 Å². The molecule has 2 aromatic carbocycles. The predicted octanol–water partition coefficient (Wildman–Crippen LogP) is 7.40.